The number of nitrogens with zero attached hydrogens (tertiary/aromatic N) is 2. The number of halogens is 3. The molecule has 0 N–H and O–H groups in total. The molecule has 3 aliphatic heterocycles. The molecule has 4 fully saturated rings. The highest BCUT2D eigenvalue weighted by Gasteiger charge is 2.76. The number of fused-ring (bicyclic) bond motifs is 1. The van der Waals surface area contributed by atoms with E-state index < -0.39 is 23.8 Å². The molecule has 4 aliphatic rings. The van der Waals surface area contributed by atoms with Crippen molar-refractivity contribution < 1.29 is 27.4 Å². The number of likely N-dealkylation sites (tertiary alicyclic amines) is 1. The van der Waals surface area contributed by atoms with Crippen LogP contribution in [0.3, 0.4) is 0 Å². The first-order valence-corrected chi connectivity index (χ1v) is 8.83. The van der Waals surface area contributed by atoms with Gasteiger partial charge in [0.2, 0.25) is 5.88 Å². The maximum Gasteiger partial charge on any atom is 0.396 e. The zero-order valence-corrected chi connectivity index (χ0v) is 14.5. The zero-order chi connectivity index (χ0) is 18.6. The molecule has 3 saturated heterocycles. The summed E-state index contributed by atoms with van der Waals surface area (Å²) in [5, 5.41) is 0. The van der Waals surface area contributed by atoms with Crippen LogP contribution in [0, 0.1) is 12.3 Å². The molecule has 2 bridgehead atoms. The van der Waals surface area contributed by atoms with E-state index in [1.54, 1.807) is 11.1 Å². The van der Waals surface area contributed by atoms with Crippen molar-refractivity contribution in [1.82, 2.24) is 9.88 Å². The molecule has 0 radical (unpaired) electrons. The first kappa shape index (κ1) is 17.6. The van der Waals surface area contributed by atoms with Crippen molar-refractivity contribution >= 4 is 5.91 Å². The van der Waals surface area contributed by atoms with Crippen LogP contribution in [-0.4, -0.2) is 53.4 Å². The lowest BCUT2D eigenvalue weighted by molar-refractivity contribution is -0.243. The van der Waals surface area contributed by atoms with Gasteiger partial charge in [0, 0.05) is 51.0 Å². The Hall–Kier alpha value is -1.83. The average molecular weight is 370 g/mol. The minimum absolute atomic E-state index is 0.0500. The molecule has 1 amide bonds. The Morgan fingerprint density at radius 1 is 1.35 bits per heavy atom. The maximum atomic E-state index is 13.1. The number of carbonyl (C=O) groups excluding carboxylic acids is 1. The Balaban J connectivity index is 1.32. The molecule has 0 unspecified atom stereocenters. The molecule has 0 atom stereocenters. The molecular formula is C18H21F3N2O3. The molecule has 5 nitrogen and oxygen atoms in total. The molecule has 0 aromatic carbocycles. The molecule has 4 heterocycles. The molecular weight excluding hydrogens is 349 g/mol. The quantitative estimate of drug-likeness (QED) is 0.821. The molecule has 1 aromatic heterocycles. The molecule has 5 rings (SSSR count). The summed E-state index contributed by atoms with van der Waals surface area (Å²) in [6.07, 6.45) is -1.91. The number of carbonyl (C=O) groups is 1. The predicted octanol–water partition coefficient (Wildman–Crippen LogP) is 2.87. The molecule has 0 spiro atoms. The van der Waals surface area contributed by atoms with Crippen LogP contribution in [0.4, 0.5) is 13.2 Å². The minimum atomic E-state index is -4.31. The number of hydrogen-bond donors (Lipinski definition) is 0. The van der Waals surface area contributed by atoms with Crippen LogP contribution in [0.2, 0.25) is 0 Å². The van der Waals surface area contributed by atoms with E-state index in [1.165, 1.54) is 0 Å². The van der Waals surface area contributed by atoms with E-state index in [2.05, 4.69) is 4.98 Å². The second-order valence-corrected chi connectivity index (χ2v) is 7.70. The van der Waals surface area contributed by atoms with Gasteiger partial charge in [-0.15, -0.1) is 0 Å². The minimum Gasteiger partial charge on any atom is -0.474 e. The third-order valence-electron chi connectivity index (χ3n) is 5.77. The number of pyridine rings is 1. The molecule has 142 valence electrons. The van der Waals surface area contributed by atoms with Gasteiger partial charge >= 0.3 is 6.18 Å². The number of ether oxygens (including phenoxy) is 2. The normalized spacial score (nSPS) is 31.6. The molecule has 1 aliphatic carbocycles. The lowest BCUT2D eigenvalue weighted by Crippen LogP contribution is -2.60. The topological polar surface area (TPSA) is 51.7 Å². The highest BCUT2D eigenvalue weighted by Crippen LogP contribution is 2.65. The predicted molar refractivity (Wildman–Crippen MR) is 85.6 cm³/mol. The Morgan fingerprint density at radius 2 is 2.04 bits per heavy atom. The Morgan fingerprint density at radius 3 is 2.62 bits per heavy atom. The molecule has 26 heavy (non-hydrogen) atoms. The van der Waals surface area contributed by atoms with Crippen molar-refractivity contribution in [3.8, 4) is 5.88 Å². The van der Waals surface area contributed by atoms with E-state index in [0.29, 0.717) is 31.8 Å². The van der Waals surface area contributed by atoms with Crippen LogP contribution < -0.4 is 4.74 Å². The van der Waals surface area contributed by atoms with Crippen molar-refractivity contribution in [2.24, 2.45) is 5.41 Å². The summed E-state index contributed by atoms with van der Waals surface area (Å²) in [5.41, 5.74) is -2.03. The van der Waals surface area contributed by atoms with Crippen molar-refractivity contribution in [3.05, 3.63) is 23.9 Å². The van der Waals surface area contributed by atoms with Crippen molar-refractivity contribution in [2.75, 3.05) is 19.7 Å². The largest absolute Gasteiger partial charge is 0.474 e. The summed E-state index contributed by atoms with van der Waals surface area (Å²) in [5.74, 6) is 0.253. The van der Waals surface area contributed by atoms with Gasteiger partial charge in [-0.05, 0) is 18.6 Å². The monoisotopic (exact) mass is 370 g/mol. The van der Waals surface area contributed by atoms with Gasteiger partial charge in [0.05, 0.1) is 12.0 Å². The fourth-order valence-corrected chi connectivity index (χ4v) is 4.23. The number of amides is 1. The number of hydrogen-bond acceptors (Lipinski definition) is 4. The van der Waals surface area contributed by atoms with Crippen LogP contribution in [-0.2, 0) is 9.53 Å². The summed E-state index contributed by atoms with van der Waals surface area (Å²) in [4.78, 5) is 18.5. The highest BCUT2D eigenvalue weighted by atomic mass is 19.4. The summed E-state index contributed by atoms with van der Waals surface area (Å²) < 4.78 is 50.6. The number of alkyl halides is 3. The van der Waals surface area contributed by atoms with Crippen LogP contribution >= 0.6 is 0 Å². The first-order chi connectivity index (χ1) is 12.2. The van der Waals surface area contributed by atoms with Gasteiger partial charge in [0.25, 0.3) is 5.91 Å². The van der Waals surface area contributed by atoms with Crippen LogP contribution in [0.15, 0.2) is 18.3 Å². The van der Waals surface area contributed by atoms with Gasteiger partial charge in [-0.1, -0.05) is 0 Å². The average Bonchev–Trinajstić information content (AvgIpc) is 3.13. The van der Waals surface area contributed by atoms with E-state index in [1.807, 2.05) is 19.1 Å². The van der Waals surface area contributed by atoms with Crippen molar-refractivity contribution in [2.45, 2.75) is 50.5 Å². The van der Waals surface area contributed by atoms with E-state index in [0.717, 1.165) is 5.56 Å². The lowest BCUT2D eigenvalue weighted by atomic mass is 9.61. The highest BCUT2D eigenvalue weighted by molar-refractivity contribution is 5.87. The standard InChI is InChI=1S/C18H21F3N2O3/c1-12-2-5-22-14(8-12)26-13-3-6-23(7-4-13)15(24)17-9-16(10-17,11-25-17)18(19,20)21/h2,5,8,13H,3-4,6-7,9-11H2,1H3. The number of aryl methyl sites for hydroxylation is 1. The SMILES string of the molecule is Cc1ccnc(OC2CCN(C(=O)C34CC(C(F)(F)F)(CO3)C4)CC2)c1. The fraction of sp³-hybridized carbons (Fsp3) is 0.667. The van der Waals surface area contributed by atoms with E-state index >= 15 is 0 Å². The summed E-state index contributed by atoms with van der Waals surface area (Å²) in [6, 6.07) is 3.74. The summed E-state index contributed by atoms with van der Waals surface area (Å²) >= 11 is 0. The van der Waals surface area contributed by atoms with Gasteiger partial charge in [0.15, 0.2) is 0 Å². The van der Waals surface area contributed by atoms with Crippen LogP contribution in [0.25, 0.3) is 0 Å². The Kier molecular flexibility index (Phi) is 3.95. The summed E-state index contributed by atoms with van der Waals surface area (Å²) in [7, 11) is 0. The fourth-order valence-electron chi connectivity index (χ4n) is 4.23. The zero-order valence-electron chi connectivity index (χ0n) is 14.5. The number of piperidine rings is 1. The number of aromatic nitrogens is 1. The van der Waals surface area contributed by atoms with Crippen molar-refractivity contribution in [1.29, 1.82) is 0 Å². The van der Waals surface area contributed by atoms with Crippen LogP contribution in [0.5, 0.6) is 5.88 Å². The number of rotatable bonds is 3. The Bertz CT molecular complexity index is 708. The second kappa shape index (κ2) is 5.84. The van der Waals surface area contributed by atoms with Gasteiger partial charge in [-0.2, -0.15) is 13.2 Å². The van der Waals surface area contributed by atoms with Crippen molar-refractivity contribution in [3.63, 3.8) is 0 Å². The third-order valence-corrected chi connectivity index (χ3v) is 5.77. The third kappa shape index (κ3) is 2.74. The lowest BCUT2D eigenvalue weighted by Gasteiger charge is -2.46. The molecule has 8 heteroatoms. The maximum absolute atomic E-state index is 13.1. The molecule has 1 saturated carbocycles. The van der Waals surface area contributed by atoms with Gasteiger partial charge in [-0.25, -0.2) is 4.98 Å². The van der Waals surface area contributed by atoms with Gasteiger partial charge in [-0.3, -0.25) is 4.79 Å². The Labute approximate surface area is 149 Å². The van der Waals surface area contributed by atoms with E-state index in [9.17, 15) is 18.0 Å². The first-order valence-electron chi connectivity index (χ1n) is 8.83. The van der Waals surface area contributed by atoms with Gasteiger partial charge in [0.1, 0.15) is 11.7 Å². The van der Waals surface area contributed by atoms with Gasteiger partial charge < -0.3 is 14.4 Å². The van der Waals surface area contributed by atoms with E-state index in [-0.39, 0.29) is 24.9 Å². The smallest absolute Gasteiger partial charge is 0.396 e. The van der Waals surface area contributed by atoms with E-state index in [4.69, 9.17) is 9.47 Å². The summed E-state index contributed by atoms with van der Waals surface area (Å²) in [6.45, 7) is 2.47. The molecule has 1 aromatic rings. The van der Waals surface area contributed by atoms with Crippen LogP contribution in [0.1, 0.15) is 31.2 Å². The second-order valence-electron chi connectivity index (χ2n) is 7.70.